The molecule has 0 aliphatic heterocycles. The van der Waals surface area contributed by atoms with Crippen LogP contribution >= 0.6 is 11.6 Å². The van der Waals surface area contributed by atoms with Crippen LogP contribution in [-0.4, -0.2) is 35.7 Å². The second-order valence-corrected chi connectivity index (χ2v) is 9.22. The number of carbonyl (C=O) groups is 1. The molecule has 226 valence electrons. The lowest BCUT2D eigenvalue weighted by atomic mass is 10.1. The molecule has 3 heterocycles. The Kier molecular flexibility index (Phi) is 7.97. The predicted molar refractivity (Wildman–Crippen MR) is 145 cm³/mol. The Labute approximate surface area is 247 Å². The number of carbonyl (C=O) groups excluding carboxylic acids is 1. The summed E-state index contributed by atoms with van der Waals surface area (Å²) in [7, 11) is 0. The number of aromatic nitrogens is 6. The molecule has 0 fully saturated rings. The number of nitrogens with zero attached hydrogens (tertiary/aromatic N) is 6. The second-order valence-electron chi connectivity index (χ2n) is 8.79. The Morgan fingerprint density at radius 2 is 1.57 bits per heavy atom. The van der Waals surface area contributed by atoms with Crippen molar-refractivity contribution in [2.45, 2.75) is 12.4 Å². The van der Waals surface area contributed by atoms with E-state index in [9.17, 15) is 31.1 Å². The van der Waals surface area contributed by atoms with Gasteiger partial charge in [0, 0.05) is 11.8 Å². The summed E-state index contributed by atoms with van der Waals surface area (Å²) >= 11 is 5.99. The molecule has 2 aromatic carbocycles. The van der Waals surface area contributed by atoms with Crippen LogP contribution in [0.4, 0.5) is 48.3 Å². The summed E-state index contributed by atoms with van der Waals surface area (Å²) in [5, 5.41) is 8.15. The van der Waals surface area contributed by atoms with Crippen molar-refractivity contribution in [3.8, 4) is 28.6 Å². The molecule has 5 rings (SSSR count). The summed E-state index contributed by atoms with van der Waals surface area (Å²) in [5.74, 6) is -0.872. The highest BCUT2D eigenvalue weighted by molar-refractivity contribution is 6.30. The van der Waals surface area contributed by atoms with E-state index in [1.165, 1.54) is 6.20 Å². The molecule has 11 nitrogen and oxygen atoms in total. The van der Waals surface area contributed by atoms with Crippen molar-refractivity contribution in [1.29, 1.82) is 0 Å². The molecule has 0 saturated heterocycles. The Hall–Kier alpha value is -5.45. The first-order chi connectivity index (χ1) is 20.8. The van der Waals surface area contributed by atoms with Gasteiger partial charge in [-0.2, -0.15) is 26.3 Å². The van der Waals surface area contributed by atoms with Crippen molar-refractivity contribution in [3.05, 3.63) is 89.9 Å². The van der Waals surface area contributed by atoms with Gasteiger partial charge in [-0.05, 0) is 42.0 Å². The van der Waals surface area contributed by atoms with E-state index in [2.05, 4.69) is 35.7 Å². The summed E-state index contributed by atoms with van der Waals surface area (Å²) in [6.07, 6.45) is -5.31. The topological polar surface area (TPSA) is 146 Å². The van der Waals surface area contributed by atoms with Gasteiger partial charge in [0.05, 0.1) is 40.0 Å². The minimum absolute atomic E-state index is 0.0165. The van der Waals surface area contributed by atoms with Crippen LogP contribution in [0.1, 0.15) is 11.4 Å². The van der Waals surface area contributed by atoms with Crippen LogP contribution in [0.25, 0.3) is 16.8 Å². The van der Waals surface area contributed by atoms with Crippen LogP contribution in [0, 0.1) is 0 Å². The van der Waals surface area contributed by atoms with E-state index < -0.39 is 35.5 Å². The molecule has 0 unspecified atom stereocenters. The largest absolute Gasteiger partial charge is 0.453 e. The fourth-order valence-electron chi connectivity index (χ4n) is 3.73. The van der Waals surface area contributed by atoms with Gasteiger partial charge in [-0.3, -0.25) is 0 Å². The van der Waals surface area contributed by atoms with Gasteiger partial charge in [0.15, 0.2) is 0 Å². The number of halogens is 7. The van der Waals surface area contributed by atoms with Gasteiger partial charge in [0.1, 0.15) is 17.9 Å². The number of nitrogens with one attached hydrogen (secondary N) is 2. The van der Waals surface area contributed by atoms with Crippen LogP contribution in [-0.2, 0) is 12.4 Å². The molecular formula is C26H16ClF6N9O2. The number of hydrogen-bond donors (Lipinski definition) is 3. The summed E-state index contributed by atoms with van der Waals surface area (Å²) in [6.45, 7) is 0. The van der Waals surface area contributed by atoms with E-state index in [4.69, 9.17) is 22.1 Å². The van der Waals surface area contributed by atoms with E-state index in [-0.39, 0.29) is 23.2 Å². The Balaban J connectivity index is 1.28. The minimum Gasteiger partial charge on any atom is -0.424 e. The lowest BCUT2D eigenvalue weighted by Gasteiger charge is -2.15. The molecular weight excluding hydrogens is 620 g/mol. The molecule has 0 atom stereocenters. The Morgan fingerprint density at radius 1 is 0.864 bits per heavy atom. The minimum atomic E-state index is -4.90. The van der Waals surface area contributed by atoms with E-state index in [1.807, 2.05) is 0 Å². The molecule has 0 radical (unpaired) electrons. The smallest absolute Gasteiger partial charge is 0.424 e. The van der Waals surface area contributed by atoms with Crippen LogP contribution in [0.2, 0.25) is 5.02 Å². The maximum Gasteiger partial charge on any atom is 0.453 e. The van der Waals surface area contributed by atoms with Gasteiger partial charge in [-0.15, -0.1) is 5.10 Å². The number of rotatable bonds is 6. The lowest BCUT2D eigenvalue weighted by molar-refractivity contribution is -0.144. The number of pyridine rings is 1. The molecule has 2 amide bonds. The number of alkyl halides is 6. The third kappa shape index (κ3) is 6.95. The first kappa shape index (κ1) is 30.0. The van der Waals surface area contributed by atoms with E-state index in [0.29, 0.717) is 39.5 Å². The number of anilines is 3. The van der Waals surface area contributed by atoms with Crippen molar-refractivity contribution in [2.24, 2.45) is 0 Å². The molecule has 5 aromatic rings. The average molecular weight is 636 g/mol. The number of amides is 2. The predicted octanol–water partition coefficient (Wildman–Crippen LogP) is 6.83. The van der Waals surface area contributed by atoms with Gasteiger partial charge >= 0.3 is 24.4 Å². The number of benzene rings is 2. The zero-order chi connectivity index (χ0) is 31.6. The summed E-state index contributed by atoms with van der Waals surface area (Å²) < 4.78 is 85.0. The van der Waals surface area contributed by atoms with E-state index in [0.717, 1.165) is 24.0 Å². The zero-order valence-corrected chi connectivity index (χ0v) is 22.4. The first-order valence-electron chi connectivity index (χ1n) is 12.1. The molecule has 0 saturated carbocycles. The summed E-state index contributed by atoms with van der Waals surface area (Å²) in [4.78, 5) is 27.7. The maximum absolute atomic E-state index is 13.3. The van der Waals surface area contributed by atoms with E-state index in [1.54, 1.807) is 30.3 Å². The molecule has 0 aliphatic carbocycles. The highest BCUT2D eigenvalue weighted by atomic mass is 35.5. The van der Waals surface area contributed by atoms with Crippen molar-refractivity contribution >= 4 is 34.8 Å². The molecule has 44 heavy (non-hydrogen) atoms. The van der Waals surface area contributed by atoms with Crippen LogP contribution < -0.4 is 21.1 Å². The number of urea groups is 1. The van der Waals surface area contributed by atoms with Gasteiger partial charge < -0.3 is 21.1 Å². The molecule has 0 bridgehead atoms. The average Bonchev–Trinajstić information content (AvgIpc) is 3.46. The van der Waals surface area contributed by atoms with Crippen molar-refractivity contribution in [3.63, 3.8) is 0 Å². The van der Waals surface area contributed by atoms with Crippen LogP contribution in [0.5, 0.6) is 11.8 Å². The van der Waals surface area contributed by atoms with Crippen molar-refractivity contribution < 1.29 is 35.9 Å². The van der Waals surface area contributed by atoms with Gasteiger partial charge in [0.25, 0.3) is 5.82 Å². The molecule has 0 spiro atoms. The second kappa shape index (κ2) is 11.7. The normalized spacial score (nSPS) is 11.7. The summed E-state index contributed by atoms with van der Waals surface area (Å²) in [6, 6.07) is 9.19. The lowest BCUT2D eigenvalue weighted by Crippen LogP contribution is -2.21. The Bertz CT molecular complexity index is 1810. The van der Waals surface area contributed by atoms with Crippen LogP contribution in [0.15, 0.2) is 73.4 Å². The molecule has 18 heteroatoms. The fraction of sp³-hybridized carbons (Fsp3) is 0.0769. The number of nitrogens with two attached hydrogens (primary N) is 1. The summed E-state index contributed by atoms with van der Waals surface area (Å²) in [5.41, 5.74) is 5.29. The Morgan fingerprint density at radius 3 is 2.20 bits per heavy atom. The van der Waals surface area contributed by atoms with E-state index >= 15 is 0 Å². The third-order valence-corrected chi connectivity index (χ3v) is 5.92. The van der Waals surface area contributed by atoms with Gasteiger partial charge in [0.2, 0.25) is 0 Å². The zero-order valence-electron chi connectivity index (χ0n) is 21.7. The fourth-order valence-corrected chi connectivity index (χ4v) is 3.89. The van der Waals surface area contributed by atoms with Gasteiger partial charge in [-0.25, -0.2) is 29.4 Å². The third-order valence-electron chi connectivity index (χ3n) is 5.71. The highest BCUT2D eigenvalue weighted by Crippen LogP contribution is 2.34. The monoisotopic (exact) mass is 635 g/mol. The van der Waals surface area contributed by atoms with Crippen molar-refractivity contribution in [1.82, 2.24) is 29.7 Å². The number of ether oxygens (including phenoxy) is 1. The number of hydrogen-bond acceptors (Lipinski definition) is 8. The first-order valence-corrected chi connectivity index (χ1v) is 12.4. The van der Waals surface area contributed by atoms with Crippen molar-refractivity contribution in [2.75, 3.05) is 16.4 Å². The molecule has 4 N–H and O–H groups in total. The number of nitrogen functional groups attached to an aromatic ring is 1. The molecule has 3 aromatic heterocycles. The van der Waals surface area contributed by atoms with Gasteiger partial charge in [-0.1, -0.05) is 23.7 Å². The van der Waals surface area contributed by atoms with Crippen LogP contribution in [0.3, 0.4) is 0 Å². The maximum atomic E-state index is 13.3. The standard InChI is InChI=1S/C26H16ClF6N9O2/c27-15-8-18(21(34)35-9-15)13-1-4-17(5-2-13)44-24-36-10-16(11-37-24)39-23(43)40-19-7-14(25(28,29)30)3-6-20(19)42-12-38-22(41-42)26(31,32)33/h1-12H,(H2,34,35)(H2,39,40,43). The highest BCUT2D eigenvalue weighted by Gasteiger charge is 2.36. The SMILES string of the molecule is Nc1ncc(Cl)cc1-c1ccc(Oc2ncc(NC(=O)Nc3cc(C(F)(F)F)ccc3-n3cnc(C(F)(F)F)n3)cn2)cc1. The molecule has 0 aliphatic rings. The quantitative estimate of drug-likeness (QED) is 0.172.